The summed E-state index contributed by atoms with van der Waals surface area (Å²) in [6.45, 7) is 0.901. The Bertz CT molecular complexity index is 1550. The molecule has 6 rings (SSSR count). The minimum Gasteiger partial charge on any atom is -0.507 e. The van der Waals surface area contributed by atoms with E-state index in [4.69, 9.17) is 33.2 Å². The highest BCUT2D eigenvalue weighted by Gasteiger charge is 2.47. The Labute approximate surface area is 235 Å². The number of aliphatic hydroxyl groups excluding tert-OH is 1. The van der Waals surface area contributed by atoms with Crippen molar-refractivity contribution in [1.29, 1.82) is 0 Å². The molecule has 0 bridgehead atoms. The summed E-state index contributed by atoms with van der Waals surface area (Å²) < 4.78 is 38.7. The number of ketones is 1. The molecule has 0 aromatic heterocycles. The van der Waals surface area contributed by atoms with Crippen LogP contribution in [-0.4, -0.2) is 63.0 Å². The molecule has 3 aliphatic heterocycles. The fraction of sp³-hybridized carbons (Fsp3) is 0.267. The van der Waals surface area contributed by atoms with Gasteiger partial charge in [0.15, 0.2) is 34.5 Å². The van der Waals surface area contributed by atoms with Gasteiger partial charge >= 0.3 is 0 Å². The number of rotatable bonds is 7. The molecule has 1 saturated heterocycles. The van der Waals surface area contributed by atoms with Crippen molar-refractivity contribution in [1.82, 2.24) is 4.90 Å². The first-order chi connectivity index (χ1) is 19.9. The molecule has 1 N–H and O–H groups in total. The lowest BCUT2D eigenvalue weighted by molar-refractivity contribution is -0.140. The molecule has 3 aliphatic rings. The van der Waals surface area contributed by atoms with Crippen molar-refractivity contribution in [3.63, 3.8) is 0 Å². The van der Waals surface area contributed by atoms with Crippen LogP contribution in [0.2, 0.25) is 0 Å². The molecule has 0 saturated carbocycles. The first kappa shape index (κ1) is 26.2. The molecule has 1 atom stereocenters. The molecule has 1 amide bonds. The van der Waals surface area contributed by atoms with Crippen LogP contribution in [-0.2, 0) is 16.1 Å². The van der Waals surface area contributed by atoms with E-state index >= 15 is 0 Å². The van der Waals surface area contributed by atoms with Crippen molar-refractivity contribution in [2.45, 2.75) is 12.6 Å². The lowest BCUT2D eigenvalue weighted by Crippen LogP contribution is -2.29. The number of fused-ring (bicyclic) bond motifs is 2. The van der Waals surface area contributed by atoms with Gasteiger partial charge in [-0.2, -0.15) is 0 Å². The molecule has 3 aromatic rings. The number of hydrogen-bond donors (Lipinski definition) is 1. The zero-order valence-electron chi connectivity index (χ0n) is 22.6. The second-order valence-corrected chi connectivity index (χ2v) is 9.43. The van der Waals surface area contributed by atoms with Crippen molar-refractivity contribution < 1.29 is 47.9 Å². The second kappa shape index (κ2) is 10.5. The number of carbonyl (C=O) groups is 2. The molecule has 11 heteroatoms. The predicted molar refractivity (Wildman–Crippen MR) is 144 cm³/mol. The normalized spacial score (nSPS) is 18.4. The minimum atomic E-state index is -0.998. The van der Waals surface area contributed by atoms with Crippen molar-refractivity contribution >= 4 is 17.4 Å². The van der Waals surface area contributed by atoms with Gasteiger partial charge in [0.2, 0.25) is 12.5 Å². The minimum absolute atomic E-state index is 0.0421. The van der Waals surface area contributed by atoms with Gasteiger partial charge in [-0.15, -0.1) is 0 Å². The molecule has 212 valence electrons. The fourth-order valence-electron chi connectivity index (χ4n) is 5.23. The van der Waals surface area contributed by atoms with E-state index in [1.54, 1.807) is 48.5 Å². The van der Waals surface area contributed by atoms with Gasteiger partial charge in [-0.05, 0) is 53.6 Å². The van der Waals surface area contributed by atoms with Gasteiger partial charge in [0.05, 0.1) is 32.9 Å². The Morgan fingerprint density at radius 3 is 2.17 bits per heavy atom. The first-order valence-corrected chi connectivity index (χ1v) is 12.8. The summed E-state index contributed by atoms with van der Waals surface area (Å²) in [5.41, 5.74) is 1.38. The van der Waals surface area contributed by atoms with Crippen LogP contribution >= 0.6 is 0 Å². The summed E-state index contributed by atoms with van der Waals surface area (Å²) in [5.74, 6) is 1.12. The van der Waals surface area contributed by atoms with Crippen molar-refractivity contribution in [2.75, 3.05) is 41.3 Å². The zero-order chi connectivity index (χ0) is 28.7. The van der Waals surface area contributed by atoms with Gasteiger partial charge in [-0.25, -0.2) is 0 Å². The Morgan fingerprint density at radius 2 is 1.46 bits per heavy atom. The highest BCUT2D eigenvalue weighted by atomic mass is 16.7. The molecule has 3 aromatic carbocycles. The third kappa shape index (κ3) is 4.48. The molecule has 41 heavy (non-hydrogen) atoms. The summed E-state index contributed by atoms with van der Waals surface area (Å²) >= 11 is 0. The van der Waals surface area contributed by atoms with Crippen LogP contribution in [0.4, 0.5) is 0 Å². The van der Waals surface area contributed by atoms with E-state index in [1.807, 2.05) is 0 Å². The number of aliphatic hydroxyl groups is 1. The van der Waals surface area contributed by atoms with Crippen LogP contribution in [0.5, 0.6) is 40.2 Å². The van der Waals surface area contributed by atoms with E-state index in [0.29, 0.717) is 70.2 Å². The Balaban J connectivity index is 1.51. The molecule has 3 heterocycles. The fourth-order valence-corrected chi connectivity index (χ4v) is 5.23. The monoisotopic (exact) mass is 561 g/mol. The summed E-state index contributed by atoms with van der Waals surface area (Å²) in [5, 5.41) is 11.6. The van der Waals surface area contributed by atoms with Crippen LogP contribution in [0, 0.1) is 0 Å². The van der Waals surface area contributed by atoms with Crippen LogP contribution < -0.4 is 33.2 Å². The van der Waals surface area contributed by atoms with E-state index in [2.05, 4.69) is 0 Å². The SMILES string of the molecule is COc1cc([C@H]2C(=C(O)c3ccc4c(c3)OCCO4)C(=O)C(=O)N2Cc2ccc3c(c2)OCO3)cc(OC)c1OC. The van der Waals surface area contributed by atoms with Crippen LogP contribution in [0.15, 0.2) is 54.1 Å². The number of amides is 1. The number of ether oxygens (including phenoxy) is 7. The van der Waals surface area contributed by atoms with Crippen molar-refractivity contribution in [3.8, 4) is 40.2 Å². The van der Waals surface area contributed by atoms with Gasteiger partial charge in [0.25, 0.3) is 11.7 Å². The van der Waals surface area contributed by atoms with E-state index in [9.17, 15) is 14.7 Å². The Hall–Kier alpha value is -5.06. The summed E-state index contributed by atoms with van der Waals surface area (Å²) in [4.78, 5) is 28.6. The average Bonchev–Trinajstić information content (AvgIpc) is 3.57. The van der Waals surface area contributed by atoms with Crippen LogP contribution in [0.1, 0.15) is 22.7 Å². The van der Waals surface area contributed by atoms with Gasteiger partial charge in [-0.1, -0.05) is 6.07 Å². The third-order valence-electron chi connectivity index (χ3n) is 7.15. The molecular weight excluding hydrogens is 534 g/mol. The lowest BCUT2D eigenvalue weighted by atomic mass is 9.94. The highest BCUT2D eigenvalue weighted by molar-refractivity contribution is 6.46. The molecule has 0 unspecified atom stereocenters. The van der Waals surface area contributed by atoms with Gasteiger partial charge in [0.1, 0.15) is 19.0 Å². The number of benzene rings is 3. The first-order valence-electron chi connectivity index (χ1n) is 12.8. The van der Waals surface area contributed by atoms with Gasteiger partial charge < -0.3 is 43.2 Å². The highest BCUT2D eigenvalue weighted by Crippen LogP contribution is 2.47. The quantitative estimate of drug-likeness (QED) is 0.259. The van der Waals surface area contributed by atoms with Gasteiger partial charge in [-0.3, -0.25) is 9.59 Å². The molecule has 1 fully saturated rings. The number of likely N-dealkylation sites (tertiary alicyclic amines) is 1. The third-order valence-corrected chi connectivity index (χ3v) is 7.15. The van der Waals surface area contributed by atoms with E-state index in [1.165, 1.54) is 26.2 Å². The lowest BCUT2D eigenvalue weighted by Gasteiger charge is -2.27. The average molecular weight is 562 g/mol. The molecule has 0 radical (unpaired) electrons. The zero-order valence-corrected chi connectivity index (χ0v) is 22.6. The summed E-state index contributed by atoms with van der Waals surface area (Å²) in [6, 6.07) is 12.5. The maximum atomic E-state index is 13.6. The number of Topliss-reactive ketones (excluding diaryl/α,β-unsaturated/α-hetero) is 1. The largest absolute Gasteiger partial charge is 0.507 e. The summed E-state index contributed by atoms with van der Waals surface area (Å²) in [7, 11) is 4.42. The smallest absolute Gasteiger partial charge is 0.295 e. The number of carbonyl (C=O) groups excluding carboxylic acids is 2. The van der Waals surface area contributed by atoms with Crippen LogP contribution in [0.3, 0.4) is 0 Å². The molecule has 11 nitrogen and oxygen atoms in total. The topological polar surface area (TPSA) is 122 Å². The molecule has 0 aliphatic carbocycles. The molecule has 0 spiro atoms. The van der Waals surface area contributed by atoms with E-state index in [-0.39, 0.29) is 24.7 Å². The maximum absolute atomic E-state index is 13.6. The van der Waals surface area contributed by atoms with Crippen LogP contribution in [0.25, 0.3) is 5.76 Å². The predicted octanol–water partition coefficient (Wildman–Crippen LogP) is 3.83. The number of hydrogen-bond acceptors (Lipinski definition) is 10. The van der Waals surface area contributed by atoms with E-state index in [0.717, 1.165) is 0 Å². The van der Waals surface area contributed by atoms with Crippen molar-refractivity contribution in [3.05, 3.63) is 70.8 Å². The Morgan fingerprint density at radius 1 is 0.829 bits per heavy atom. The van der Waals surface area contributed by atoms with E-state index < -0.39 is 17.7 Å². The molecular formula is C30H27NO10. The summed E-state index contributed by atoms with van der Waals surface area (Å²) in [6.07, 6.45) is 0. The number of nitrogens with zero attached hydrogens (tertiary/aromatic N) is 1. The second-order valence-electron chi connectivity index (χ2n) is 9.43. The standard InChI is InChI=1S/C30H27NO10/c1-35-23-12-18(13-24(36-2)29(23)37-3)26-25(27(32)17-5-7-19-22(11-17)39-9-8-38-19)28(33)30(34)31(26)14-16-4-6-20-21(10-16)41-15-40-20/h4-7,10-13,26,32H,8-9,14-15H2,1-3H3/t26-/m0/s1. The Kier molecular flexibility index (Phi) is 6.70. The number of methoxy groups -OCH3 is 3. The maximum Gasteiger partial charge on any atom is 0.295 e. The van der Waals surface area contributed by atoms with Crippen molar-refractivity contribution in [2.24, 2.45) is 0 Å². The van der Waals surface area contributed by atoms with Gasteiger partial charge in [0, 0.05) is 12.1 Å².